The Morgan fingerprint density at radius 3 is 2.43 bits per heavy atom. The molecule has 0 saturated carbocycles. The highest BCUT2D eigenvalue weighted by molar-refractivity contribution is 6.00. The molecule has 1 aromatic rings. The Morgan fingerprint density at radius 1 is 1.22 bits per heavy atom. The molecule has 5 nitrogen and oxygen atoms in total. The van der Waals surface area contributed by atoms with E-state index in [1.807, 2.05) is 0 Å². The third-order valence-electron chi connectivity index (χ3n) is 3.35. The summed E-state index contributed by atoms with van der Waals surface area (Å²) in [5.74, 6) is -1.09. The van der Waals surface area contributed by atoms with E-state index in [4.69, 9.17) is 0 Å². The predicted octanol–water partition coefficient (Wildman–Crippen LogP) is 2.63. The first-order valence-electron chi connectivity index (χ1n) is 6.78. The Hall–Kier alpha value is -1.80. The number of anilines is 2. The monoisotopic (exact) mass is 351 g/mol. The standard InChI is InChI=1S/C14H16F3N3O2.ClH/c1-8(21)19-11-3-2-10(14(15,16)17)6-12(11)20-13(22)9-4-5-18-7-9;/h2-3,6,9,18H,4-5,7H2,1H3,(H,19,21)(H,20,22);1H. The van der Waals surface area contributed by atoms with E-state index in [1.165, 1.54) is 6.92 Å². The fraction of sp³-hybridized carbons (Fsp3) is 0.429. The van der Waals surface area contributed by atoms with Crippen LogP contribution >= 0.6 is 12.4 Å². The smallest absolute Gasteiger partial charge is 0.325 e. The molecule has 3 N–H and O–H groups in total. The number of hydrogen-bond acceptors (Lipinski definition) is 3. The van der Waals surface area contributed by atoms with Crippen molar-refractivity contribution in [2.45, 2.75) is 19.5 Å². The van der Waals surface area contributed by atoms with E-state index in [0.717, 1.165) is 18.2 Å². The van der Waals surface area contributed by atoms with Crippen LogP contribution in [0.2, 0.25) is 0 Å². The van der Waals surface area contributed by atoms with E-state index in [-0.39, 0.29) is 35.6 Å². The van der Waals surface area contributed by atoms with E-state index in [0.29, 0.717) is 19.5 Å². The summed E-state index contributed by atoms with van der Waals surface area (Å²) in [7, 11) is 0. The average molecular weight is 352 g/mol. The van der Waals surface area contributed by atoms with Crippen LogP contribution in [-0.4, -0.2) is 24.9 Å². The SMILES string of the molecule is CC(=O)Nc1ccc(C(F)(F)F)cc1NC(=O)C1CCNC1.Cl. The summed E-state index contributed by atoms with van der Waals surface area (Å²) < 4.78 is 38.4. The lowest BCUT2D eigenvalue weighted by molar-refractivity contribution is -0.137. The average Bonchev–Trinajstić information content (AvgIpc) is 2.92. The Balaban J connectivity index is 0.00000264. The molecule has 1 fully saturated rings. The van der Waals surface area contributed by atoms with E-state index >= 15 is 0 Å². The summed E-state index contributed by atoms with van der Waals surface area (Å²) in [6, 6.07) is 2.82. The molecule has 1 heterocycles. The Kier molecular flexibility index (Phi) is 6.40. The molecule has 1 atom stereocenters. The second-order valence-electron chi connectivity index (χ2n) is 5.12. The maximum atomic E-state index is 12.8. The zero-order valence-corrected chi connectivity index (χ0v) is 13.1. The first kappa shape index (κ1) is 19.2. The molecule has 1 aliphatic heterocycles. The van der Waals surface area contributed by atoms with Crippen molar-refractivity contribution in [1.29, 1.82) is 0 Å². The first-order chi connectivity index (χ1) is 10.3. The van der Waals surface area contributed by atoms with Crippen LogP contribution in [0.5, 0.6) is 0 Å². The highest BCUT2D eigenvalue weighted by Crippen LogP contribution is 2.34. The number of hydrogen-bond donors (Lipinski definition) is 3. The molecular formula is C14H17ClF3N3O2. The fourth-order valence-corrected chi connectivity index (χ4v) is 2.24. The van der Waals surface area contributed by atoms with E-state index < -0.39 is 17.6 Å². The van der Waals surface area contributed by atoms with Gasteiger partial charge in [0.2, 0.25) is 11.8 Å². The molecule has 1 aromatic carbocycles. The van der Waals surface area contributed by atoms with E-state index in [1.54, 1.807) is 0 Å². The van der Waals surface area contributed by atoms with Crippen molar-refractivity contribution in [2.75, 3.05) is 23.7 Å². The summed E-state index contributed by atoms with van der Waals surface area (Å²) in [5, 5.41) is 7.90. The fourth-order valence-electron chi connectivity index (χ4n) is 2.24. The molecule has 0 aromatic heterocycles. The summed E-state index contributed by atoms with van der Waals surface area (Å²) in [5.41, 5.74) is -0.803. The van der Waals surface area contributed by atoms with Crippen molar-refractivity contribution < 1.29 is 22.8 Å². The van der Waals surface area contributed by atoms with Crippen molar-refractivity contribution in [3.63, 3.8) is 0 Å². The summed E-state index contributed by atoms with van der Waals surface area (Å²) in [6.45, 7) is 2.42. The number of nitrogens with one attached hydrogen (secondary N) is 3. The lowest BCUT2D eigenvalue weighted by Crippen LogP contribution is -2.25. The third-order valence-corrected chi connectivity index (χ3v) is 3.35. The van der Waals surface area contributed by atoms with Crippen molar-refractivity contribution in [3.05, 3.63) is 23.8 Å². The van der Waals surface area contributed by atoms with Crippen molar-refractivity contribution in [3.8, 4) is 0 Å². The molecular weight excluding hydrogens is 335 g/mol. The van der Waals surface area contributed by atoms with Gasteiger partial charge < -0.3 is 16.0 Å². The number of benzene rings is 1. The Labute approximate surface area is 137 Å². The van der Waals surface area contributed by atoms with Gasteiger partial charge in [-0.2, -0.15) is 13.2 Å². The quantitative estimate of drug-likeness (QED) is 0.784. The van der Waals surface area contributed by atoms with E-state index in [9.17, 15) is 22.8 Å². The van der Waals surface area contributed by atoms with Crippen LogP contribution in [0.3, 0.4) is 0 Å². The summed E-state index contributed by atoms with van der Waals surface area (Å²) >= 11 is 0. The molecule has 0 radical (unpaired) electrons. The summed E-state index contributed by atoms with van der Waals surface area (Å²) in [6.07, 6.45) is -3.90. The van der Waals surface area contributed by atoms with Crippen molar-refractivity contribution in [1.82, 2.24) is 5.32 Å². The molecule has 2 rings (SSSR count). The number of carbonyl (C=O) groups is 2. The van der Waals surface area contributed by atoms with Gasteiger partial charge in [0.25, 0.3) is 0 Å². The predicted molar refractivity (Wildman–Crippen MR) is 82.6 cm³/mol. The normalized spacial score (nSPS) is 17.3. The molecule has 1 aliphatic rings. The molecule has 128 valence electrons. The van der Waals surface area contributed by atoms with Gasteiger partial charge >= 0.3 is 6.18 Å². The van der Waals surface area contributed by atoms with Crippen LogP contribution in [0.25, 0.3) is 0 Å². The minimum atomic E-state index is -4.52. The van der Waals surface area contributed by atoms with Gasteiger partial charge in [-0.15, -0.1) is 12.4 Å². The molecule has 1 unspecified atom stereocenters. The maximum absolute atomic E-state index is 12.8. The molecule has 9 heteroatoms. The van der Waals surface area contributed by atoms with Gasteiger partial charge in [-0.3, -0.25) is 9.59 Å². The van der Waals surface area contributed by atoms with Crippen LogP contribution in [-0.2, 0) is 15.8 Å². The molecule has 1 saturated heterocycles. The second-order valence-corrected chi connectivity index (χ2v) is 5.12. The second kappa shape index (κ2) is 7.65. The van der Waals surface area contributed by atoms with Crippen LogP contribution in [0, 0.1) is 5.92 Å². The summed E-state index contributed by atoms with van der Waals surface area (Å²) in [4.78, 5) is 23.2. The number of carbonyl (C=O) groups excluding carboxylic acids is 2. The minimum absolute atomic E-state index is 0. The minimum Gasteiger partial charge on any atom is -0.325 e. The maximum Gasteiger partial charge on any atom is 0.416 e. The topological polar surface area (TPSA) is 70.2 Å². The molecule has 0 bridgehead atoms. The highest BCUT2D eigenvalue weighted by atomic mass is 35.5. The first-order valence-corrected chi connectivity index (χ1v) is 6.78. The lowest BCUT2D eigenvalue weighted by atomic mass is 10.1. The number of halogens is 4. The van der Waals surface area contributed by atoms with Gasteiger partial charge in [-0.25, -0.2) is 0 Å². The van der Waals surface area contributed by atoms with Gasteiger partial charge in [0.1, 0.15) is 0 Å². The number of rotatable bonds is 3. The van der Waals surface area contributed by atoms with Gasteiger partial charge in [-0.1, -0.05) is 0 Å². The zero-order valence-electron chi connectivity index (χ0n) is 12.3. The number of alkyl halides is 3. The van der Waals surface area contributed by atoms with Crippen LogP contribution in [0.15, 0.2) is 18.2 Å². The Bertz CT molecular complexity index is 587. The molecule has 0 spiro atoms. The van der Waals surface area contributed by atoms with Gasteiger partial charge in [0.15, 0.2) is 0 Å². The van der Waals surface area contributed by atoms with Crippen molar-refractivity contribution in [2.24, 2.45) is 5.92 Å². The molecule has 0 aliphatic carbocycles. The third kappa shape index (κ3) is 5.11. The molecule has 2 amide bonds. The number of amides is 2. The largest absolute Gasteiger partial charge is 0.416 e. The van der Waals surface area contributed by atoms with Crippen LogP contribution in [0.1, 0.15) is 18.9 Å². The Morgan fingerprint density at radius 2 is 1.91 bits per heavy atom. The van der Waals surface area contributed by atoms with Crippen LogP contribution in [0.4, 0.5) is 24.5 Å². The highest BCUT2D eigenvalue weighted by Gasteiger charge is 2.31. The van der Waals surface area contributed by atoms with Crippen molar-refractivity contribution >= 4 is 35.6 Å². The van der Waals surface area contributed by atoms with Gasteiger partial charge in [0, 0.05) is 13.5 Å². The van der Waals surface area contributed by atoms with Crippen LogP contribution < -0.4 is 16.0 Å². The molecule has 23 heavy (non-hydrogen) atoms. The van der Waals surface area contributed by atoms with Gasteiger partial charge in [0.05, 0.1) is 22.9 Å². The van der Waals surface area contributed by atoms with Gasteiger partial charge in [-0.05, 0) is 31.2 Å². The zero-order chi connectivity index (χ0) is 16.3. The lowest BCUT2D eigenvalue weighted by Gasteiger charge is -2.16. The van der Waals surface area contributed by atoms with E-state index in [2.05, 4.69) is 16.0 Å².